The van der Waals surface area contributed by atoms with Crippen LogP contribution < -0.4 is 0 Å². The molecule has 0 aliphatic heterocycles. The highest BCUT2D eigenvalue weighted by atomic mass is 16.3. The van der Waals surface area contributed by atoms with Gasteiger partial charge in [-0.1, -0.05) is 133 Å². The lowest BCUT2D eigenvalue weighted by molar-refractivity contribution is 0.653. The summed E-state index contributed by atoms with van der Waals surface area (Å²) in [5.41, 5.74) is 12.3. The van der Waals surface area contributed by atoms with Crippen LogP contribution >= 0.6 is 0 Å². The van der Waals surface area contributed by atoms with Gasteiger partial charge >= 0.3 is 0 Å². The van der Waals surface area contributed by atoms with Crippen molar-refractivity contribution >= 4 is 43.9 Å². The highest BCUT2D eigenvalue weighted by Crippen LogP contribution is 2.42. The molecule has 4 nitrogen and oxygen atoms in total. The van der Waals surface area contributed by atoms with Crippen LogP contribution in [0, 0.1) is 0 Å². The molecule has 10 aromatic rings. The molecule has 3 heterocycles. The molecule has 0 amide bonds. The monoisotopic (exact) mass is 639 g/mol. The standard InChI is InChI=1S/C46H29N3O/c1-4-14-30(15-5-1)32-26-27-39-38(29-32)42-36(23-13-24-40(42)49(39)35-20-8-3-9-21-35)33-18-12-19-34(28-33)44-43-37-22-10-11-25-41(37)50-46(43)48-45(47-44)31-16-6-2-7-17-31/h1-29H. The Morgan fingerprint density at radius 2 is 1.10 bits per heavy atom. The first-order chi connectivity index (χ1) is 24.8. The first-order valence-electron chi connectivity index (χ1n) is 16.8. The maximum Gasteiger partial charge on any atom is 0.231 e. The zero-order valence-electron chi connectivity index (χ0n) is 27.0. The average molecular weight is 640 g/mol. The van der Waals surface area contributed by atoms with E-state index in [0.717, 1.165) is 49.9 Å². The van der Waals surface area contributed by atoms with Gasteiger partial charge in [0, 0.05) is 33.0 Å². The third-order valence-electron chi connectivity index (χ3n) is 9.63. The number of rotatable bonds is 5. The van der Waals surface area contributed by atoms with Crippen LogP contribution in [0.5, 0.6) is 0 Å². The fourth-order valence-corrected chi connectivity index (χ4v) is 7.36. The van der Waals surface area contributed by atoms with Crippen LogP contribution in [0.15, 0.2) is 180 Å². The van der Waals surface area contributed by atoms with E-state index >= 15 is 0 Å². The van der Waals surface area contributed by atoms with Gasteiger partial charge in [0.1, 0.15) is 5.58 Å². The minimum atomic E-state index is 0.585. The molecule has 0 fully saturated rings. The molecule has 0 N–H and O–H groups in total. The normalized spacial score (nSPS) is 11.6. The first kappa shape index (κ1) is 28.3. The van der Waals surface area contributed by atoms with Crippen LogP contribution in [0.3, 0.4) is 0 Å². The summed E-state index contributed by atoms with van der Waals surface area (Å²) in [5, 5.41) is 4.35. The zero-order valence-corrected chi connectivity index (χ0v) is 27.0. The van der Waals surface area contributed by atoms with Gasteiger partial charge in [-0.05, 0) is 64.7 Å². The van der Waals surface area contributed by atoms with Gasteiger partial charge in [-0.25, -0.2) is 4.98 Å². The summed E-state index contributed by atoms with van der Waals surface area (Å²) in [4.78, 5) is 10.1. The predicted molar refractivity (Wildman–Crippen MR) is 205 cm³/mol. The molecule has 7 aromatic carbocycles. The highest BCUT2D eigenvalue weighted by molar-refractivity contribution is 6.17. The van der Waals surface area contributed by atoms with Gasteiger partial charge in [0.15, 0.2) is 5.82 Å². The molecular formula is C46H29N3O. The van der Waals surface area contributed by atoms with Crippen molar-refractivity contribution in [3.8, 4) is 50.6 Å². The molecule has 50 heavy (non-hydrogen) atoms. The smallest absolute Gasteiger partial charge is 0.231 e. The number of hydrogen-bond acceptors (Lipinski definition) is 3. The van der Waals surface area contributed by atoms with E-state index in [2.05, 4.69) is 132 Å². The SMILES string of the molecule is c1ccc(-c2ccc3c(c2)c2c(-c4cccc(-c5nc(-c6ccccc6)nc6oc7ccccc7c56)c4)cccc2n3-c2ccccc2)cc1. The van der Waals surface area contributed by atoms with Gasteiger partial charge < -0.3 is 8.98 Å². The number of fused-ring (bicyclic) bond motifs is 6. The lowest BCUT2D eigenvalue weighted by atomic mass is 9.95. The molecule has 0 aliphatic carbocycles. The average Bonchev–Trinajstić information content (AvgIpc) is 3.74. The van der Waals surface area contributed by atoms with E-state index in [4.69, 9.17) is 14.4 Å². The van der Waals surface area contributed by atoms with E-state index in [0.29, 0.717) is 11.5 Å². The van der Waals surface area contributed by atoms with E-state index < -0.39 is 0 Å². The van der Waals surface area contributed by atoms with Gasteiger partial charge in [-0.3, -0.25) is 0 Å². The van der Waals surface area contributed by atoms with Crippen LogP contribution in [0.1, 0.15) is 0 Å². The Labute approximate surface area is 288 Å². The van der Waals surface area contributed by atoms with Crippen LogP contribution in [0.2, 0.25) is 0 Å². The number of benzene rings is 7. The number of para-hydroxylation sites is 2. The number of furan rings is 1. The molecule has 0 unspecified atom stereocenters. The summed E-state index contributed by atoms with van der Waals surface area (Å²) in [6.45, 7) is 0. The zero-order chi connectivity index (χ0) is 33.0. The molecule has 0 spiro atoms. The summed E-state index contributed by atoms with van der Waals surface area (Å²) < 4.78 is 8.72. The van der Waals surface area contributed by atoms with Crippen molar-refractivity contribution < 1.29 is 4.42 Å². The highest BCUT2D eigenvalue weighted by Gasteiger charge is 2.20. The van der Waals surface area contributed by atoms with Crippen molar-refractivity contribution in [2.24, 2.45) is 0 Å². The van der Waals surface area contributed by atoms with Crippen molar-refractivity contribution in [1.82, 2.24) is 14.5 Å². The molecule has 4 heteroatoms. The third kappa shape index (κ3) is 4.54. The van der Waals surface area contributed by atoms with Crippen LogP contribution in [0.4, 0.5) is 0 Å². The van der Waals surface area contributed by atoms with E-state index in [9.17, 15) is 0 Å². The lowest BCUT2D eigenvalue weighted by Crippen LogP contribution is -1.94. The van der Waals surface area contributed by atoms with Crippen molar-refractivity contribution in [3.05, 3.63) is 176 Å². The molecule has 0 aliphatic rings. The minimum absolute atomic E-state index is 0.585. The van der Waals surface area contributed by atoms with Gasteiger partial charge in [-0.15, -0.1) is 0 Å². The van der Waals surface area contributed by atoms with E-state index in [1.807, 2.05) is 48.5 Å². The Bertz CT molecular complexity index is 2850. The fraction of sp³-hybridized carbons (Fsp3) is 0. The second-order valence-electron chi connectivity index (χ2n) is 12.6. The molecular weight excluding hydrogens is 611 g/mol. The van der Waals surface area contributed by atoms with Crippen LogP contribution in [-0.2, 0) is 0 Å². The molecule has 10 rings (SSSR count). The molecule has 0 saturated heterocycles. The summed E-state index contributed by atoms with van der Waals surface area (Å²) >= 11 is 0. The van der Waals surface area contributed by atoms with E-state index in [-0.39, 0.29) is 0 Å². The minimum Gasteiger partial charge on any atom is -0.438 e. The molecule has 234 valence electrons. The quantitative estimate of drug-likeness (QED) is 0.188. The Morgan fingerprint density at radius 3 is 1.92 bits per heavy atom. The third-order valence-corrected chi connectivity index (χ3v) is 9.63. The fourth-order valence-electron chi connectivity index (χ4n) is 7.36. The number of hydrogen-bond donors (Lipinski definition) is 0. The Hall–Kier alpha value is -6.78. The summed E-state index contributed by atoms with van der Waals surface area (Å²) in [7, 11) is 0. The van der Waals surface area contributed by atoms with Gasteiger partial charge in [0.2, 0.25) is 5.71 Å². The largest absolute Gasteiger partial charge is 0.438 e. The van der Waals surface area contributed by atoms with Gasteiger partial charge in [0.05, 0.1) is 22.1 Å². The molecule has 3 aromatic heterocycles. The number of aromatic nitrogens is 3. The molecule has 0 atom stereocenters. The van der Waals surface area contributed by atoms with Crippen LogP contribution in [0.25, 0.3) is 94.5 Å². The summed E-state index contributed by atoms with van der Waals surface area (Å²) in [6, 6.07) is 61.7. The van der Waals surface area contributed by atoms with Gasteiger partial charge in [-0.2, -0.15) is 4.98 Å². The Morgan fingerprint density at radius 1 is 0.420 bits per heavy atom. The second kappa shape index (κ2) is 11.4. The number of nitrogens with zero attached hydrogens (tertiary/aromatic N) is 3. The van der Waals surface area contributed by atoms with Crippen molar-refractivity contribution in [1.29, 1.82) is 0 Å². The first-order valence-corrected chi connectivity index (χ1v) is 16.8. The van der Waals surface area contributed by atoms with Crippen molar-refractivity contribution in [2.75, 3.05) is 0 Å². The van der Waals surface area contributed by atoms with Gasteiger partial charge in [0.25, 0.3) is 0 Å². The predicted octanol–water partition coefficient (Wildman–Crippen LogP) is 12.1. The molecule has 0 radical (unpaired) electrons. The second-order valence-corrected chi connectivity index (χ2v) is 12.6. The Kier molecular flexibility index (Phi) is 6.46. The maximum atomic E-state index is 6.34. The van der Waals surface area contributed by atoms with Crippen LogP contribution in [-0.4, -0.2) is 14.5 Å². The molecule has 0 bridgehead atoms. The van der Waals surface area contributed by atoms with E-state index in [1.165, 1.54) is 33.0 Å². The summed E-state index contributed by atoms with van der Waals surface area (Å²) in [5.74, 6) is 0.638. The maximum absolute atomic E-state index is 6.34. The Balaban J connectivity index is 1.23. The van der Waals surface area contributed by atoms with Crippen molar-refractivity contribution in [3.63, 3.8) is 0 Å². The van der Waals surface area contributed by atoms with E-state index in [1.54, 1.807) is 0 Å². The molecule has 0 saturated carbocycles. The topological polar surface area (TPSA) is 43.9 Å². The summed E-state index contributed by atoms with van der Waals surface area (Å²) in [6.07, 6.45) is 0. The lowest BCUT2D eigenvalue weighted by Gasteiger charge is -2.11. The van der Waals surface area contributed by atoms with Crippen molar-refractivity contribution in [2.45, 2.75) is 0 Å².